The van der Waals surface area contributed by atoms with E-state index in [0.29, 0.717) is 22.2 Å². The number of nitrogens with one attached hydrogen (secondary N) is 1. The molecule has 0 unspecified atom stereocenters. The van der Waals surface area contributed by atoms with Gasteiger partial charge < -0.3 is 10.1 Å². The Morgan fingerprint density at radius 3 is 2.70 bits per heavy atom. The van der Waals surface area contributed by atoms with Crippen LogP contribution in [0.25, 0.3) is 0 Å². The first-order valence-corrected chi connectivity index (χ1v) is 6.79. The number of carbonyl (C=O) groups is 2. The first-order valence-electron chi connectivity index (χ1n) is 5.98. The van der Waals surface area contributed by atoms with Crippen LogP contribution in [-0.4, -0.2) is 23.8 Å². The molecule has 0 aliphatic rings. The molecule has 0 radical (unpaired) electrons. The quantitative estimate of drug-likeness (QED) is 0.858. The lowest BCUT2D eigenvalue weighted by atomic mass is 10.2. The molecule has 1 amide bonds. The standard InChI is InChI=1S/C14H14N2O3S/c1-9(17)11-3-4-12(20-11)14(18)16-8-10-5-6-15-13(7-10)19-2/h3-7H,8H2,1-2H3,(H,16,18). The van der Waals surface area contributed by atoms with E-state index in [-0.39, 0.29) is 11.7 Å². The number of hydrogen-bond donors (Lipinski definition) is 1. The van der Waals surface area contributed by atoms with Gasteiger partial charge in [0.2, 0.25) is 5.88 Å². The molecule has 2 aromatic rings. The molecule has 0 aliphatic heterocycles. The third-order valence-electron chi connectivity index (χ3n) is 2.64. The lowest BCUT2D eigenvalue weighted by Gasteiger charge is -2.05. The number of rotatable bonds is 5. The van der Waals surface area contributed by atoms with Gasteiger partial charge in [0.05, 0.1) is 16.9 Å². The summed E-state index contributed by atoms with van der Waals surface area (Å²) < 4.78 is 5.02. The van der Waals surface area contributed by atoms with Crippen molar-refractivity contribution in [1.29, 1.82) is 0 Å². The molecule has 0 spiro atoms. The molecule has 2 rings (SSSR count). The molecular formula is C14H14N2O3S. The Hall–Kier alpha value is -2.21. The summed E-state index contributed by atoms with van der Waals surface area (Å²) in [5, 5.41) is 2.80. The zero-order valence-corrected chi connectivity index (χ0v) is 12.0. The number of ketones is 1. The van der Waals surface area contributed by atoms with Crippen LogP contribution in [-0.2, 0) is 6.54 Å². The molecule has 0 aliphatic carbocycles. The summed E-state index contributed by atoms with van der Waals surface area (Å²) in [7, 11) is 1.54. The Morgan fingerprint density at radius 1 is 1.30 bits per heavy atom. The fourth-order valence-electron chi connectivity index (χ4n) is 1.59. The van der Waals surface area contributed by atoms with Crippen molar-refractivity contribution in [2.75, 3.05) is 7.11 Å². The molecule has 6 heteroatoms. The number of Topliss-reactive ketones (excluding diaryl/α,β-unsaturated/α-hetero) is 1. The van der Waals surface area contributed by atoms with Gasteiger partial charge in [-0.2, -0.15) is 0 Å². The minimum atomic E-state index is -0.196. The topological polar surface area (TPSA) is 68.3 Å². The lowest BCUT2D eigenvalue weighted by molar-refractivity contribution is 0.0954. The van der Waals surface area contributed by atoms with Gasteiger partial charge in [-0.3, -0.25) is 9.59 Å². The van der Waals surface area contributed by atoms with E-state index >= 15 is 0 Å². The SMILES string of the molecule is COc1cc(CNC(=O)c2ccc(C(C)=O)s2)ccn1. The number of amides is 1. The molecule has 0 aromatic carbocycles. The summed E-state index contributed by atoms with van der Waals surface area (Å²) in [5.41, 5.74) is 0.897. The molecule has 5 nitrogen and oxygen atoms in total. The second-order valence-corrected chi connectivity index (χ2v) is 5.19. The van der Waals surface area contributed by atoms with Crippen molar-refractivity contribution in [1.82, 2.24) is 10.3 Å². The van der Waals surface area contributed by atoms with Crippen LogP contribution < -0.4 is 10.1 Å². The summed E-state index contributed by atoms with van der Waals surface area (Å²) in [4.78, 5) is 28.2. The maximum absolute atomic E-state index is 11.9. The Kier molecular flexibility index (Phi) is 4.47. The predicted octanol–water partition coefficient (Wildman–Crippen LogP) is 2.28. The van der Waals surface area contributed by atoms with E-state index in [2.05, 4.69) is 10.3 Å². The van der Waals surface area contributed by atoms with E-state index in [4.69, 9.17) is 4.74 Å². The van der Waals surface area contributed by atoms with Gasteiger partial charge in [-0.25, -0.2) is 4.98 Å². The third-order valence-corrected chi connectivity index (χ3v) is 3.82. The first kappa shape index (κ1) is 14.2. The number of methoxy groups -OCH3 is 1. The normalized spacial score (nSPS) is 10.1. The molecular weight excluding hydrogens is 276 g/mol. The van der Waals surface area contributed by atoms with Crippen molar-refractivity contribution in [3.63, 3.8) is 0 Å². The van der Waals surface area contributed by atoms with Crippen LogP contribution in [0, 0.1) is 0 Å². The zero-order valence-electron chi connectivity index (χ0n) is 11.2. The average molecular weight is 290 g/mol. The minimum absolute atomic E-state index is 0.0343. The number of hydrogen-bond acceptors (Lipinski definition) is 5. The van der Waals surface area contributed by atoms with Crippen molar-refractivity contribution >= 4 is 23.0 Å². The third kappa shape index (κ3) is 3.42. The Bertz CT molecular complexity index is 637. The summed E-state index contributed by atoms with van der Waals surface area (Å²) in [6.45, 7) is 1.86. The highest BCUT2D eigenvalue weighted by molar-refractivity contribution is 7.15. The van der Waals surface area contributed by atoms with E-state index in [1.54, 1.807) is 37.6 Å². The fraction of sp³-hybridized carbons (Fsp3) is 0.214. The number of carbonyl (C=O) groups excluding carboxylic acids is 2. The van der Waals surface area contributed by atoms with Crippen LogP contribution >= 0.6 is 11.3 Å². The molecule has 104 valence electrons. The summed E-state index contributed by atoms with van der Waals surface area (Å²) in [6, 6.07) is 6.88. The maximum Gasteiger partial charge on any atom is 0.261 e. The number of aromatic nitrogens is 1. The molecule has 1 N–H and O–H groups in total. The Morgan fingerprint density at radius 2 is 2.05 bits per heavy atom. The molecule has 0 fully saturated rings. The molecule has 2 aromatic heterocycles. The van der Waals surface area contributed by atoms with Crippen LogP contribution in [0.1, 0.15) is 31.8 Å². The van der Waals surface area contributed by atoms with Gasteiger partial charge in [0.15, 0.2) is 5.78 Å². The van der Waals surface area contributed by atoms with Gasteiger partial charge in [-0.1, -0.05) is 0 Å². The monoisotopic (exact) mass is 290 g/mol. The summed E-state index contributed by atoms with van der Waals surface area (Å²) in [5.74, 6) is 0.276. The molecule has 0 atom stereocenters. The van der Waals surface area contributed by atoms with Gasteiger partial charge in [0, 0.05) is 18.8 Å². The zero-order chi connectivity index (χ0) is 14.5. The Labute approximate surface area is 120 Å². The largest absolute Gasteiger partial charge is 0.481 e. The van der Waals surface area contributed by atoms with E-state index < -0.39 is 0 Å². The molecule has 20 heavy (non-hydrogen) atoms. The van der Waals surface area contributed by atoms with Gasteiger partial charge in [-0.05, 0) is 30.7 Å². The Balaban J connectivity index is 1.98. The van der Waals surface area contributed by atoms with E-state index in [0.717, 1.165) is 5.56 Å². The number of thiophene rings is 1. The van der Waals surface area contributed by atoms with Gasteiger partial charge in [0.1, 0.15) is 0 Å². The van der Waals surface area contributed by atoms with Crippen molar-refractivity contribution in [2.45, 2.75) is 13.5 Å². The highest BCUT2D eigenvalue weighted by Gasteiger charge is 2.11. The van der Waals surface area contributed by atoms with Crippen LogP contribution in [0.3, 0.4) is 0 Å². The molecule has 0 bridgehead atoms. The lowest BCUT2D eigenvalue weighted by Crippen LogP contribution is -2.21. The van der Waals surface area contributed by atoms with Crippen LogP contribution in [0.15, 0.2) is 30.5 Å². The summed E-state index contributed by atoms with van der Waals surface area (Å²) in [6.07, 6.45) is 1.62. The van der Waals surface area contributed by atoms with Gasteiger partial charge in [0.25, 0.3) is 5.91 Å². The van der Waals surface area contributed by atoms with Crippen molar-refractivity contribution in [2.24, 2.45) is 0 Å². The molecule has 0 saturated heterocycles. The van der Waals surface area contributed by atoms with E-state index in [1.807, 2.05) is 0 Å². The van der Waals surface area contributed by atoms with Crippen LogP contribution in [0.5, 0.6) is 5.88 Å². The minimum Gasteiger partial charge on any atom is -0.481 e. The average Bonchev–Trinajstić information content (AvgIpc) is 2.95. The van der Waals surface area contributed by atoms with E-state index in [9.17, 15) is 9.59 Å². The second kappa shape index (κ2) is 6.29. The predicted molar refractivity (Wildman–Crippen MR) is 76.3 cm³/mol. The van der Waals surface area contributed by atoms with Crippen molar-refractivity contribution < 1.29 is 14.3 Å². The first-order chi connectivity index (χ1) is 9.60. The van der Waals surface area contributed by atoms with Crippen LogP contribution in [0.4, 0.5) is 0 Å². The van der Waals surface area contributed by atoms with Crippen molar-refractivity contribution in [3.05, 3.63) is 45.8 Å². The summed E-state index contributed by atoms with van der Waals surface area (Å²) >= 11 is 1.19. The van der Waals surface area contributed by atoms with Crippen molar-refractivity contribution in [3.8, 4) is 5.88 Å². The fourth-order valence-corrected chi connectivity index (χ4v) is 2.41. The highest BCUT2D eigenvalue weighted by atomic mass is 32.1. The number of pyridine rings is 1. The van der Waals surface area contributed by atoms with Crippen LogP contribution in [0.2, 0.25) is 0 Å². The van der Waals surface area contributed by atoms with Gasteiger partial charge >= 0.3 is 0 Å². The smallest absolute Gasteiger partial charge is 0.261 e. The second-order valence-electron chi connectivity index (χ2n) is 4.11. The van der Waals surface area contributed by atoms with Gasteiger partial charge in [-0.15, -0.1) is 11.3 Å². The molecule has 0 saturated carbocycles. The number of ether oxygens (including phenoxy) is 1. The highest BCUT2D eigenvalue weighted by Crippen LogP contribution is 2.17. The molecule has 2 heterocycles. The van der Waals surface area contributed by atoms with E-state index in [1.165, 1.54) is 18.3 Å². The number of nitrogens with zero attached hydrogens (tertiary/aromatic N) is 1. The maximum atomic E-state index is 11.9.